The van der Waals surface area contributed by atoms with Gasteiger partial charge in [-0.2, -0.15) is 0 Å². The van der Waals surface area contributed by atoms with Crippen molar-refractivity contribution in [1.29, 1.82) is 0 Å². The van der Waals surface area contributed by atoms with Crippen molar-refractivity contribution in [3.05, 3.63) is 0 Å². The zero-order valence-electron chi connectivity index (χ0n) is 9.52. The van der Waals surface area contributed by atoms with Crippen molar-refractivity contribution in [3.63, 3.8) is 0 Å². The average molecular weight is 201 g/mol. The van der Waals surface area contributed by atoms with Crippen LogP contribution in [0.5, 0.6) is 0 Å². The third-order valence-electron chi connectivity index (χ3n) is 4.24. The van der Waals surface area contributed by atoms with Gasteiger partial charge < -0.3 is 10.8 Å². The second-order valence-corrected chi connectivity index (χ2v) is 11.8. The number of hydrogen-bond acceptors (Lipinski definition) is 2. The second kappa shape index (κ2) is 2.81. The number of rotatable bonds is 1. The smallest absolute Gasteiger partial charge is 0.0905 e. The van der Waals surface area contributed by atoms with Gasteiger partial charge in [0.15, 0.2) is 0 Å². The van der Waals surface area contributed by atoms with Crippen LogP contribution in [0, 0.1) is 0 Å². The highest BCUT2D eigenvalue weighted by Gasteiger charge is 2.57. The van der Waals surface area contributed by atoms with Crippen molar-refractivity contribution < 1.29 is 5.11 Å². The molecule has 3 N–H and O–H groups in total. The quantitative estimate of drug-likeness (QED) is 0.636. The average Bonchev–Trinajstić information content (AvgIpc) is 1.81. The van der Waals surface area contributed by atoms with Crippen LogP contribution in [0.2, 0.25) is 18.1 Å². The number of nitrogens with two attached hydrogens (primary N) is 1. The highest BCUT2D eigenvalue weighted by atomic mass is 28.3. The molecule has 78 valence electrons. The van der Waals surface area contributed by atoms with E-state index < -0.39 is 13.3 Å². The van der Waals surface area contributed by atoms with E-state index in [0.717, 1.165) is 12.8 Å². The van der Waals surface area contributed by atoms with Crippen LogP contribution in [-0.2, 0) is 0 Å². The highest BCUT2D eigenvalue weighted by molar-refractivity contribution is 6.83. The summed E-state index contributed by atoms with van der Waals surface area (Å²) in [6, 6.07) is 0.235. The van der Waals surface area contributed by atoms with E-state index >= 15 is 0 Å². The Hall–Kier alpha value is 0.137. The monoisotopic (exact) mass is 201 g/mol. The zero-order chi connectivity index (χ0) is 10.5. The Labute approximate surface area is 82.5 Å². The molecule has 1 fully saturated rings. The fourth-order valence-corrected chi connectivity index (χ4v) is 4.96. The SMILES string of the molecule is CC(C)(C)[Si](C)(C)C1(O)CC(N)C1. The Kier molecular flexibility index (Phi) is 2.43. The highest BCUT2D eigenvalue weighted by Crippen LogP contribution is 2.50. The first kappa shape index (κ1) is 11.2. The van der Waals surface area contributed by atoms with Crippen LogP contribution in [0.1, 0.15) is 33.6 Å². The molecular formula is C10H23NOSi. The molecule has 0 radical (unpaired) electrons. The van der Waals surface area contributed by atoms with Gasteiger partial charge in [-0.15, -0.1) is 0 Å². The zero-order valence-corrected chi connectivity index (χ0v) is 10.5. The van der Waals surface area contributed by atoms with Crippen molar-refractivity contribution in [1.82, 2.24) is 0 Å². The molecule has 0 aromatic heterocycles. The van der Waals surface area contributed by atoms with Crippen LogP contribution in [0.3, 0.4) is 0 Å². The van der Waals surface area contributed by atoms with Crippen molar-refractivity contribution >= 4 is 8.07 Å². The summed E-state index contributed by atoms with van der Waals surface area (Å²) in [6.07, 6.45) is 1.62. The molecule has 0 amide bonds. The minimum absolute atomic E-state index is 0.235. The summed E-state index contributed by atoms with van der Waals surface area (Å²) in [7, 11) is -1.61. The number of aliphatic hydroxyl groups is 1. The van der Waals surface area contributed by atoms with Crippen LogP contribution < -0.4 is 5.73 Å². The standard InChI is InChI=1S/C10H23NOSi/c1-9(2,3)13(4,5)10(12)6-8(11)7-10/h8,12H,6-7,11H2,1-5H3. The molecule has 0 aliphatic heterocycles. The first-order valence-electron chi connectivity index (χ1n) is 5.08. The lowest BCUT2D eigenvalue weighted by atomic mass is 9.89. The normalized spacial score (nSPS) is 35.8. The van der Waals surface area contributed by atoms with Crippen molar-refractivity contribution in [3.8, 4) is 0 Å². The van der Waals surface area contributed by atoms with E-state index in [9.17, 15) is 5.11 Å². The lowest BCUT2D eigenvalue weighted by Gasteiger charge is -2.56. The molecule has 1 aliphatic rings. The van der Waals surface area contributed by atoms with Crippen LogP contribution in [0.4, 0.5) is 0 Å². The Bertz CT molecular complexity index is 201. The van der Waals surface area contributed by atoms with Crippen LogP contribution in [0.15, 0.2) is 0 Å². The van der Waals surface area contributed by atoms with Crippen LogP contribution in [0.25, 0.3) is 0 Å². The Morgan fingerprint density at radius 3 is 1.92 bits per heavy atom. The fourth-order valence-electron chi connectivity index (χ4n) is 2.02. The van der Waals surface area contributed by atoms with Gasteiger partial charge in [0.2, 0.25) is 0 Å². The summed E-state index contributed by atoms with van der Waals surface area (Å²) in [6.45, 7) is 11.3. The topological polar surface area (TPSA) is 46.2 Å². The van der Waals surface area contributed by atoms with Crippen LogP contribution in [-0.4, -0.2) is 24.4 Å². The maximum atomic E-state index is 10.4. The molecule has 13 heavy (non-hydrogen) atoms. The lowest BCUT2D eigenvalue weighted by Crippen LogP contribution is -2.68. The van der Waals surface area contributed by atoms with E-state index in [1.807, 2.05) is 0 Å². The molecule has 0 unspecified atom stereocenters. The molecule has 0 saturated heterocycles. The summed E-state index contributed by atoms with van der Waals surface area (Å²) >= 11 is 0. The Morgan fingerprint density at radius 2 is 1.69 bits per heavy atom. The van der Waals surface area contributed by atoms with Crippen LogP contribution >= 0.6 is 0 Å². The van der Waals surface area contributed by atoms with Gasteiger partial charge in [0.1, 0.15) is 0 Å². The molecule has 0 atom stereocenters. The van der Waals surface area contributed by atoms with Gasteiger partial charge in [-0.3, -0.25) is 0 Å². The Balaban J connectivity index is 2.82. The van der Waals surface area contributed by atoms with Gasteiger partial charge in [-0.1, -0.05) is 33.9 Å². The van der Waals surface area contributed by atoms with E-state index in [2.05, 4.69) is 33.9 Å². The summed E-state index contributed by atoms with van der Waals surface area (Å²) in [5.41, 5.74) is 5.76. The molecule has 1 aliphatic carbocycles. The second-order valence-electron chi connectivity index (χ2n) is 6.07. The predicted octanol–water partition coefficient (Wildman–Crippen LogP) is 1.89. The summed E-state index contributed by atoms with van der Waals surface area (Å²) in [5, 5.41) is 10.3. The molecule has 3 heteroatoms. The third kappa shape index (κ3) is 1.58. The van der Waals surface area contributed by atoms with Crippen molar-refractivity contribution in [2.75, 3.05) is 0 Å². The first-order chi connectivity index (χ1) is 5.60. The third-order valence-corrected chi connectivity index (χ3v) is 10.7. The summed E-state index contributed by atoms with van der Waals surface area (Å²) in [4.78, 5) is 0. The molecular weight excluding hydrogens is 178 g/mol. The molecule has 0 bridgehead atoms. The maximum absolute atomic E-state index is 10.4. The van der Waals surface area contributed by atoms with Gasteiger partial charge in [0, 0.05) is 6.04 Å². The molecule has 1 saturated carbocycles. The molecule has 0 aromatic rings. The predicted molar refractivity (Wildman–Crippen MR) is 59.4 cm³/mol. The minimum Gasteiger partial charge on any atom is -0.393 e. The maximum Gasteiger partial charge on any atom is 0.0905 e. The summed E-state index contributed by atoms with van der Waals surface area (Å²) < 4.78 is 0. The first-order valence-corrected chi connectivity index (χ1v) is 8.08. The molecule has 2 nitrogen and oxygen atoms in total. The fraction of sp³-hybridized carbons (Fsp3) is 1.00. The van der Waals surface area contributed by atoms with E-state index in [1.165, 1.54) is 0 Å². The largest absolute Gasteiger partial charge is 0.393 e. The molecule has 0 heterocycles. The molecule has 0 spiro atoms. The van der Waals surface area contributed by atoms with Crippen molar-refractivity contribution in [2.45, 2.75) is 63.0 Å². The van der Waals surface area contributed by atoms with Crippen molar-refractivity contribution in [2.24, 2.45) is 5.73 Å². The minimum atomic E-state index is -1.61. The van der Waals surface area contributed by atoms with E-state index in [0.29, 0.717) is 0 Å². The Morgan fingerprint density at radius 1 is 1.31 bits per heavy atom. The molecule has 0 aromatic carbocycles. The molecule has 1 rings (SSSR count). The van der Waals surface area contributed by atoms with Gasteiger partial charge in [0.25, 0.3) is 0 Å². The van der Waals surface area contributed by atoms with Gasteiger partial charge in [0.05, 0.1) is 13.3 Å². The van der Waals surface area contributed by atoms with E-state index in [4.69, 9.17) is 5.73 Å². The van der Waals surface area contributed by atoms with E-state index in [-0.39, 0.29) is 11.1 Å². The van der Waals surface area contributed by atoms with Gasteiger partial charge in [-0.25, -0.2) is 0 Å². The summed E-state index contributed by atoms with van der Waals surface area (Å²) in [5.74, 6) is 0. The van der Waals surface area contributed by atoms with E-state index in [1.54, 1.807) is 0 Å². The lowest BCUT2D eigenvalue weighted by molar-refractivity contribution is 0.0173. The van der Waals surface area contributed by atoms with Gasteiger partial charge >= 0.3 is 0 Å². The number of hydrogen-bond donors (Lipinski definition) is 2. The van der Waals surface area contributed by atoms with Gasteiger partial charge in [-0.05, 0) is 17.9 Å².